The van der Waals surface area contributed by atoms with Crippen LogP contribution in [0, 0.1) is 0 Å². The predicted octanol–water partition coefficient (Wildman–Crippen LogP) is 4.65. The van der Waals surface area contributed by atoms with E-state index in [-0.39, 0.29) is 0 Å². The van der Waals surface area contributed by atoms with E-state index in [4.69, 9.17) is 11.6 Å². The third-order valence-corrected chi connectivity index (χ3v) is 3.34. The summed E-state index contributed by atoms with van der Waals surface area (Å²) in [4.78, 5) is 1.22. The molecule has 2 rings (SSSR count). The molecule has 0 aliphatic carbocycles. The number of hydrogen-bond acceptors (Lipinski definition) is 1. The lowest BCUT2D eigenvalue weighted by atomic mass is 10.1. The van der Waals surface area contributed by atoms with Crippen LogP contribution in [0.5, 0.6) is 0 Å². The molecule has 0 spiro atoms. The summed E-state index contributed by atoms with van der Waals surface area (Å²) in [5.74, 6) is 0. The Hall–Kier alpha value is -0.920. The molecule has 16 heavy (non-hydrogen) atoms. The molecule has 0 aliphatic heterocycles. The van der Waals surface area contributed by atoms with Gasteiger partial charge in [-0.15, -0.1) is 11.8 Å². The van der Waals surface area contributed by atoms with Crippen LogP contribution in [0.25, 0.3) is 0 Å². The van der Waals surface area contributed by atoms with E-state index >= 15 is 0 Å². The second-order valence-electron chi connectivity index (χ2n) is 3.66. The quantitative estimate of drug-likeness (QED) is 0.713. The molecule has 2 aromatic rings. The fourth-order valence-corrected chi connectivity index (χ4v) is 2.51. The molecule has 0 amide bonds. The molecule has 0 N–H and O–H groups in total. The lowest BCUT2D eigenvalue weighted by molar-refractivity contribution is 1.17. The number of thioether (sulfide) groups is 1. The molecule has 2 aromatic carbocycles. The summed E-state index contributed by atoms with van der Waals surface area (Å²) in [5.41, 5.74) is 2.58. The van der Waals surface area contributed by atoms with E-state index in [0.29, 0.717) is 0 Å². The van der Waals surface area contributed by atoms with Gasteiger partial charge >= 0.3 is 0 Å². The van der Waals surface area contributed by atoms with Gasteiger partial charge in [0.25, 0.3) is 0 Å². The molecular weight excluding hydrogens is 236 g/mol. The van der Waals surface area contributed by atoms with Gasteiger partial charge in [0.05, 0.1) is 0 Å². The second kappa shape index (κ2) is 5.42. The fourth-order valence-electron chi connectivity index (χ4n) is 1.67. The van der Waals surface area contributed by atoms with Crippen LogP contribution in [0.15, 0.2) is 53.4 Å². The molecular formula is C14H13ClS. The lowest BCUT2D eigenvalue weighted by Crippen LogP contribution is -1.88. The molecule has 0 fully saturated rings. The maximum absolute atomic E-state index is 6.08. The van der Waals surface area contributed by atoms with Crippen LogP contribution in [0.4, 0.5) is 0 Å². The summed E-state index contributed by atoms with van der Waals surface area (Å²) >= 11 is 7.80. The summed E-state index contributed by atoms with van der Waals surface area (Å²) in [6.07, 6.45) is 3.01. The first-order chi connectivity index (χ1) is 7.78. The topological polar surface area (TPSA) is 0 Å². The third kappa shape index (κ3) is 3.03. The summed E-state index contributed by atoms with van der Waals surface area (Å²) in [7, 11) is 0. The Labute approximate surface area is 106 Å². The molecule has 0 nitrogen and oxygen atoms in total. The van der Waals surface area contributed by atoms with Crippen molar-refractivity contribution in [2.75, 3.05) is 6.26 Å². The van der Waals surface area contributed by atoms with Crippen molar-refractivity contribution in [3.05, 3.63) is 64.7 Å². The number of halogens is 1. The van der Waals surface area contributed by atoms with E-state index in [0.717, 1.165) is 11.4 Å². The molecule has 82 valence electrons. The smallest absolute Gasteiger partial charge is 0.0419 e. The summed E-state index contributed by atoms with van der Waals surface area (Å²) in [6.45, 7) is 0. The van der Waals surface area contributed by atoms with E-state index < -0.39 is 0 Å². The molecule has 0 heterocycles. The summed E-state index contributed by atoms with van der Waals surface area (Å²) in [5, 5.41) is 0.817. The Kier molecular flexibility index (Phi) is 3.92. The van der Waals surface area contributed by atoms with Crippen LogP contribution in [-0.4, -0.2) is 6.26 Å². The van der Waals surface area contributed by atoms with Crippen molar-refractivity contribution in [1.29, 1.82) is 0 Å². The van der Waals surface area contributed by atoms with Gasteiger partial charge in [-0.1, -0.05) is 41.9 Å². The Balaban J connectivity index is 2.24. The Morgan fingerprint density at radius 3 is 2.44 bits per heavy atom. The van der Waals surface area contributed by atoms with Crippen LogP contribution < -0.4 is 0 Å². The molecule has 0 saturated heterocycles. The first-order valence-electron chi connectivity index (χ1n) is 5.15. The first-order valence-corrected chi connectivity index (χ1v) is 6.75. The predicted molar refractivity (Wildman–Crippen MR) is 72.5 cm³/mol. The minimum Gasteiger partial charge on any atom is -0.130 e. The number of benzene rings is 2. The fraction of sp³-hybridized carbons (Fsp3) is 0.143. The van der Waals surface area contributed by atoms with Crippen molar-refractivity contribution in [3.63, 3.8) is 0 Å². The lowest BCUT2D eigenvalue weighted by Gasteiger charge is -2.05. The molecule has 0 atom stereocenters. The highest BCUT2D eigenvalue weighted by molar-refractivity contribution is 7.98. The molecule has 0 aromatic heterocycles. The molecule has 0 unspecified atom stereocenters. The largest absolute Gasteiger partial charge is 0.130 e. The van der Waals surface area contributed by atoms with Gasteiger partial charge in [-0.2, -0.15) is 0 Å². The van der Waals surface area contributed by atoms with Gasteiger partial charge in [-0.3, -0.25) is 0 Å². The SMILES string of the molecule is CSc1cc(Cl)cc(Cc2ccccc2)c1. The van der Waals surface area contributed by atoms with Crippen molar-refractivity contribution >= 4 is 23.4 Å². The van der Waals surface area contributed by atoms with E-state index in [1.54, 1.807) is 11.8 Å². The van der Waals surface area contributed by atoms with Crippen LogP contribution in [0.2, 0.25) is 5.02 Å². The minimum atomic E-state index is 0.817. The van der Waals surface area contributed by atoms with Crippen LogP contribution >= 0.6 is 23.4 Å². The van der Waals surface area contributed by atoms with Gasteiger partial charge in [0.2, 0.25) is 0 Å². The normalized spacial score (nSPS) is 10.4. The van der Waals surface area contributed by atoms with E-state index in [1.165, 1.54) is 16.0 Å². The van der Waals surface area contributed by atoms with Crippen molar-refractivity contribution < 1.29 is 0 Å². The third-order valence-electron chi connectivity index (χ3n) is 2.42. The van der Waals surface area contributed by atoms with Crippen molar-refractivity contribution in [1.82, 2.24) is 0 Å². The Morgan fingerprint density at radius 1 is 1.00 bits per heavy atom. The minimum absolute atomic E-state index is 0.817. The summed E-state index contributed by atoms with van der Waals surface area (Å²) < 4.78 is 0. The molecule has 0 aliphatic rings. The van der Waals surface area contributed by atoms with Crippen LogP contribution in [0.3, 0.4) is 0 Å². The second-order valence-corrected chi connectivity index (χ2v) is 4.98. The van der Waals surface area contributed by atoms with Crippen molar-refractivity contribution in [3.8, 4) is 0 Å². The van der Waals surface area contributed by atoms with Gasteiger partial charge in [-0.05, 0) is 42.0 Å². The van der Waals surface area contributed by atoms with Crippen molar-refractivity contribution in [2.24, 2.45) is 0 Å². The van der Waals surface area contributed by atoms with E-state index in [2.05, 4.69) is 36.6 Å². The highest BCUT2D eigenvalue weighted by Crippen LogP contribution is 2.23. The zero-order valence-corrected chi connectivity index (χ0v) is 10.7. The van der Waals surface area contributed by atoms with Crippen LogP contribution in [0.1, 0.15) is 11.1 Å². The van der Waals surface area contributed by atoms with Gasteiger partial charge in [-0.25, -0.2) is 0 Å². The standard InChI is InChI=1S/C14H13ClS/c1-16-14-9-12(8-13(15)10-14)7-11-5-3-2-4-6-11/h2-6,8-10H,7H2,1H3. The number of hydrogen-bond donors (Lipinski definition) is 0. The van der Waals surface area contributed by atoms with Gasteiger partial charge in [0.1, 0.15) is 0 Å². The molecule has 0 radical (unpaired) electrons. The molecule has 0 bridgehead atoms. The van der Waals surface area contributed by atoms with Gasteiger partial charge in [0, 0.05) is 9.92 Å². The Morgan fingerprint density at radius 2 is 1.75 bits per heavy atom. The highest BCUT2D eigenvalue weighted by Gasteiger charge is 2.00. The molecule has 2 heteroatoms. The maximum atomic E-state index is 6.08. The van der Waals surface area contributed by atoms with Crippen molar-refractivity contribution in [2.45, 2.75) is 11.3 Å². The van der Waals surface area contributed by atoms with Crippen LogP contribution in [-0.2, 0) is 6.42 Å². The maximum Gasteiger partial charge on any atom is 0.0419 e. The first kappa shape index (κ1) is 11.6. The zero-order valence-electron chi connectivity index (χ0n) is 9.11. The average Bonchev–Trinajstić information content (AvgIpc) is 2.29. The average molecular weight is 249 g/mol. The molecule has 0 saturated carbocycles. The Bertz CT molecular complexity index is 465. The van der Waals surface area contributed by atoms with Gasteiger partial charge < -0.3 is 0 Å². The number of rotatable bonds is 3. The monoisotopic (exact) mass is 248 g/mol. The zero-order chi connectivity index (χ0) is 11.4. The van der Waals surface area contributed by atoms with E-state index in [1.807, 2.05) is 18.2 Å². The summed E-state index contributed by atoms with van der Waals surface area (Å²) in [6, 6.07) is 16.7. The highest BCUT2D eigenvalue weighted by atomic mass is 35.5. The van der Waals surface area contributed by atoms with Gasteiger partial charge in [0.15, 0.2) is 0 Å². The van der Waals surface area contributed by atoms with E-state index in [9.17, 15) is 0 Å².